The Labute approximate surface area is 105 Å². The molecule has 0 radical (unpaired) electrons. The van der Waals surface area contributed by atoms with Gasteiger partial charge in [0.05, 0.1) is 5.69 Å². The van der Waals surface area contributed by atoms with E-state index in [4.69, 9.17) is 11.6 Å². The monoisotopic (exact) mass is 247 g/mol. The van der Waals surface area contributed by atoms with Crippen LogP contribution in [0.3, 0.4) is 0 Å². The first kappa shape index (κ1) is 11.8. The molecule has 2 rings (SSSR count). The fraction of sp³-hybridized carbons (Fsp3) is 0.0714. The first-order valence-electron chi connectivity index (χ1n) is 5.16. The normalized spacial score (nSPS) is 10.3. The highest BCUT2D eigenvalue weighted by molar-refractivity contribution is 6.31. The lowest BCUT2D eigenvalue weighted by Gasteiger charge is -2.06. The molecule has 1 heterocycles. The molecule has 0 saturated heterocycles. The maximum Gasteiger partial charge on any atom is 0.137 e. The van der Waals surface area contributed by atoms with E-state index in [0.29, 0.717) is 5.15 Å². The predicted molar refractivity (Wildman–Crippen MR) is 69.3 cm³/mol. The van der Waals surface area contributed by atoms with Crippen molar-refractivity contribution < 1.29 is 4.39 Å². The lowest BCUT2D eigenvalue weighted by molar-refractivity contribution is 0.628. The maximum absolute atomic E-state index is 12.8. The van der Waals surface area contributed by atoms with Crippen molar-refractivity contribution in [3.05, 3.63) is 59.5 Å². The summed E-state index contributed by atoms with van der Waals surface area (Å²) in [6, 6.07) is 9.87. The Morgan fingerprint density at radius 3 is 2.35 bits per heavy atom. The molecule has 1 nitrogen and oxygen atoms in total. The smallest absolute Gasteiger partial charge is 0.137 e. The van der Waals surface area contributed by atoms with Gasteiger partial charge in [-0.2, -0.15) is 0 Å². The highest BCUT2D eigenvalue weighted by Gasteiger charge is 2.05. The molecule has 1 aromatic heterocycles. The van der Waals surface area contributed by atoms with Crippen LogP contribution in [0.15, 0.2) is 43.0 Å². The third-order valence-electron chi connectivity index (χ3n) is 2.45. The Bertz CT molecular complexity index is 561. The minimum atomic E-state index is -0.265. The van der Waals surface area contributed by atoms with Crippen LogP contribution in [0.4, 0.5) is 4.39 Å². The van der Waals surface area contributed by atoms with E-state index >= 15 is 0 Å². The molecule has 0 saturated carbocycles. The van der Waals surface area contributed by atoms with Crippen LogP contribution >= 0.6 is 11.6 Å². The summed E-state index contributed by atoms with van der Waals surface area (Å²) in [5.41, 5.74) is 3.26. The van der Waals surface area contributed by atoms with E-state index in [1.807, 2.05) is 19.1 Å². The third kappa shape index (κ3) is 2.53. The first-order valence-corrected chi connectivity index (χ1v) is 5.54. The number of halogens is 2. The summed E-state index contributed by atoms with van der Waals surface area (Å²) in [7, 11) is 0. The molecule has 0 aliphatic carbocycles. The molecule has 1 aromatic carbocycles. The van der Waals surface area contributed by atoms with Crippen molar-refractivity contribution in [2.24, 2.45) is 0 Å². The number of hydrogen-bond donors (Lipinski definition) is 0. The van der Waals surface area contributed by atoms with Gasteiger partial charge in [0.1, 0.15) is 11.0 Å². The Balaban J connectivity index is 2.44. The van der Waals surface area contributed by atoms with Crippen LogP contribution in [0.1, 0.15) is 12.5 Å². The Hall–Kier alpha value is -1.67. The lowest BCUT2D eigenvalue weighted by atomic mass is 10.1. The Morgan fingerprint density at radius 1 is 1.18 bits per heavy atom. The number of hydrogen-bond acceptors (Lipinski definition) is 1. The number of pyridine rings is 1. The van der Waals surface area contributed by atoms with Gasteiger partial charge in [0, 0.05) is 11.1 Å². The quantitative estimate of drug-likeness (QED) is 0.708. The fourth-order valence-electron chi connectivity index (χ4n) is 1.53. The van der Waals surface area contributed by atoms with E-state index < -0.39 is 0 Å². The number of aromatic nitrogens is 1. The number of rotatable bonds is 2. The molecule has 0 unspecified atom stereocenters. The van der Waals surface area contributed by atoms with Gasteiger partial charge in [0.2, 0.25) is 0 Å². The molecule has 0 aliphatic rings. The largest absolute Gasteiger partial charge is 0.235 e. The first-order chi connectivity index (χ1) is 8.08. The summed E-state index contributed by atoms with van der Waals surface area (Å²) in [4.78, 5) is 4.28. The topological polar surface area (TPSA) is 12.9 Å². The second-order valence-corrected chi connectivity index (χ2v) is 4.18. The van der Waals surface area contributed by atoms with E-state index in [1.165, 1.54) is 12.1 Å². The van der Waals surface area contributed by atoms with E-state index in [9.17, 15) is 4.39 Å². The van der Waals surface area contributed by atoms with Gasteiger partial charge in [-0.05, 0) is 48.9 Å². The highest BCUT2D eigenvalue weighted by atomic mass is 35.5. The molecule has 17 heavy (non-hydrogen) atoms. The summed E-state index contributed by atoms with van der Waals surface area (Å²) >= 11 is 6.06. The average molecular weight is 248 g/mol. The zero-order chi connectivity index (χ0) is 12.4. The second kappa shape index (κ2) is 4.68. The summed E-state index contributed by atoms with van der Waals surface area (Å²) in [5, 5.41) is 0.416. The van der Waals surface area contributed by atoms with Gasteiger partial charge in [-0.15, -0.1) is 0 Å². The zero-order valence-corrected chi connectivity index (χ0v) is 10.1. The predicted octanol–water partition coefficient (Wildman–Crippen LogP) is 4.57. The van der Waals surface area contributed by atoms with Gasteiger partial charge in [-0.1, -0.05) is 18.2 Å². The van der Waals surface area contributed by atoms with Crippen LogP contribution < -0.4 is 0 Å². The molecule has 3 heteroatoms. The number of allylic oxidation sites excluding steroid dienone is 1. The van der Waals surface area contributed by atoms with E-state index in [1.54, 1.807) is 12.1 Å². The summed E-state index contributed by atoms with van der Waals surface area (Å²) < 4.78 is 12.8. The van der Waals surface area contributed by atoms with Crippen molar-refractivity contribution in [2.75, 3.05) is 0 Å². The van der Waals surface area contributed by atoms with E-state index in [0.717, 1.165) is 22.4 Å². The number of nitrogens with zero attached hydrogens (tertiary/aromatic N) is 1. The summed E-state index contributed by atoms with van der Waals surface area (Å²) in [5.74, 6) is -0.265. The highest BCUT2D eigenvalue weighted by Crippen LogP contribution is 2.25. The molecule has 0 amide bonds. The fourth-order valence-corrected chi connectivity index (χ4v) is 1.85. The minimum Gasteiger partial charge on any atom is -0.235 e. The molecule has 0 bridgehead atoms. The molecular formula is C14H11ClFN. The Morgan fingerprint density at radius 2 is 1.82 bits per heavy atom. The van der Waals surface area contributed by atoms with Crippen molar-refractivity contribution in [2.45, 2.75) is 6.92 Å². The molecule has 2 aromatic rings. The van der Waals surface area contributed by atoms with Crippen LogP contribution in [-0.2, 0) is 0 Å². The van der Waals surface area contributed by atoms with Crippen LogP contribution in [0.5, 0.6) is 0 Å². The van der Waals surface area contributed by atoms with Crippen LogP contribution in [0.2, 0.25) is 5.15 Å². The summed E-state index contributed by atoms with van der Waals surface area (Å²) in [6.07, 6.45) is 0. The van der Waals surface area contributed by atoms with Gasteiger partial charge in [0.15, 0.2) is 0 Å². The van der Waals surface area contributed by atoms with Gasteiger partial charge < -0.3 is 0 Å². The van der Waals surface area contributed by atoms with E-state index in [2.05, 4.69) is 11.6 Å². The number of benzene rings is 1. The van der Waals surface area contributed by atoms with Crippen LogP contribution in [-0.4, -0.2) is 4.98 Å². The molecule has 0 spiro atoms. The van der Waals surface area contributed by atoms with Crippen molar-refractivity contribution in [3.63, 3.8) is 0 Å². The molecule has 0 N–H and O–H groups in total. The standard InChI is InChI=1S/C14H11ClFN/c1-9(2)12-7-8-13(17-14(12)15)10-3-5-11(16)6-4-10/h3-8H,1H2,2H3. The minimum absolute atomic E-state index is 0.265. The maximum atomic E-state index is 12.8. The van der Waals surface area contributed by atoms with Gasteiger partial charge >= 0.3 is 0 Å². The van der Waals surface area contributed by atoms with Crippen molar-refractivity contribution in [3.8, 4) is 11.3 Å². The van der Waals surface area contributed by atoms with Crippen molar-refractivity contribution >= 4 is 17.2 Å². The SMILES string of the molecule is C=C(C)c1ccc(-c2ccc(F)cc2)nc1Cl. The van der Waals surface area contributed by atoms with Crippen molar-refractivity contribution in [1.82, 2.24) is 4.98 Å². The van der Waals surface area contributed by atoms with E-state index in [-0.39, 0.29) is 5.82 Å². The van der Waals surface area contributed by atoms with Crippen LogP contribution in [0.25, 0.3) is 16.8 Å². The van der Waals surface area contributed by atoms with Crippen molar-refractivity contribution in [1.29, 1.82) is 0 Å². The van der Waals surface area contributed by atoms with Gasteiger partial charge in [0.25, 0.3) is 0 Å². The molecule has 0 atom stereocenters. The average Bonchev–Trinajstić information content (AvgIpc) is 2.29. The van der Waals surface area contributed by atoms with Gasteiger partial charge in [-0.25, -0.2) is 9.37 Å². The molecule has 86 valence electrons. The van der Waals surface area contributed by atoms with Crippen LogP contribution in [0, 0.1) is 5.82 Å². The second-order valence-electron chi connectivity index (χ2n) is 3.82. The summed E-state index contributed by atoms with van der Waals surface area (Å²) in [6.45, 7) is 5.70. The molecule has 0 fully saturated rings. The molecular weight excluding hydrogens is 237 g/mol. The molecule has 0 aliphatic heterocycles. The Kier molecular flexibility index (Phi) is 3.25. The van der Waals surface area contributed by atoms with Gasteiger partial charge in [-0.3, -0.25) is 0 Å². The third-order valence-corrected chi connectivity index (χ3v) is 2.74. The lowest BCUT2D eigenvalue weighted by Crippen LogP contribution is -1.89. The zero-order valence-electron chi connectivity index (χ0n) is 9.37.